The van der Waals surface area contributed by atoms with Gasteiger partial charge in [-0.05, 0) is 12.5 Å². The number of nitrogens with zero attached hydrogens (tertiary/aromatic N) is 1. The maximum absolute atomic E-state index is 12.4. The van der Waals surface area contributed by atoms with Gasteiger partial charge in [0.25, 0.3) is 5.91 Å². The molecule has 2 heterocycles. The topological polar surface area (TPSA) is 90.5 Å². The van der Waals surface area contributed by atoms with Gasteiger partial charge in [-0.25, -0.2) is 4.79 Å². The Labute approximate surface area is 113 Å². The first kappa shape index (κ1) is 13.7. The van der Waals surface area contributed by atoms with Crippen LogP contribution in [0.15, 0.2) is 23.1 Å². The summed E-state index contributed by atoms with van der Waals surface area (Å²) in [7, 11) is 0. The smallest absolute Gasteiger partial charge is 0.327 e. The van der Waals surface area contributed by atoms with Crippen LogP contribution in [-0.4, -0.2) is 44.0 Å². The maximum Gasteiger partial charge on any atom is 0.327 e. The second kappa shape index (κ2) is 5.48. The lowest BCUT2D eigenvalue weighted by molar-refractivity contribution is -0.141. The maximum atomic E-state index is 12.4. The zero-order valence-corrected chi connectivity index (χ0v) is 11.1. The Morgan fingerprint density at radius 1 is 1.53 bits per heavy atom. The van der Waals surface area contributed by atoms with E-state index in [4.69, 9.17) is 0 Å². The van der Waals surface area contributed by atoms with Crippen LogP contribution in [0.2, 0.25) is 0 Å². The van der Waals surface area contributed by atoms with Crippen molar-refractivity contribution in [3.8, 4) is 0 Å². The lowest BCUT2D eigenvalue weighted by Gasteiger charge is -2.26. The molecule has 0 spiro atoms. The fourth-order valence-corrected chi connectivity index (χ4v) is 3.38. The second-order valence-electron chi connectivity index (χ2n) is 4.20. The lowest BCUT2D eigenvalue weighted by atomic mass is 10.2. The van der Waals surface area contributed by atoms with Gasteiger partial charge in [0.15, 0.2) is 0 Å². The minimum atomic E-state index is -0.999. The summed E-state index contributed by atoms with van der Waals surface area (Å²) in [5.74, 6) is -0.968. The molecule has 0 radical (unpaired) electrons. The van der Waals surface area contributed by atoms with Gasteiger partial charge in [0.05, 0.1) is 10.9 Å². The molecule has 0 bridgehead atoms. The van der Waals surface area contributed by atoms with E-state index in [1.165, 1.54) is 35.0 Å². The van der Waals surface area contributed by atoms with Crippen LogP contribution in [0, 0.1) is 0 Å². The van der Waals surface area contributed by atoms with Crippen LogP contribution in [0.4, 0.5) is 0 Å². The van der Waals surface area contributed by atoms with E-state index in [0.717, 1.165) is 0 Å². The molecule has 2 rings (SSSR count). The molecule has 0 saturated carbocycles. The highest BCUT2D eigenvalue weighted by atomic mass is 32.2. The van der Waals surface area contributed by atoms with Gasteiger partial charge in [-0.1, -0.05) is 6.92 Å². The van der Waals surface area contributed by atoms with Crippen molar-refractivity contribution >= 4 is 23.6 Å². The van der Waals surface area contributed by atoms with E-state index in [1.807, 2.05) is 6.92 Å². The summed E-state index contributed by atoms with van der Waals surface area (Å²) in [4.78, 5) is 38.4. The Kier molecular flexibility index (Phi) is 3.94. The summed E-state index contributed by atoms with van der Waals surface area (Å²) in [6.45, 7) is 1.91. The van der Waals surface area contributed by atoms with Crippen molar-refractivity contribution in [3.05, 3.63) is 34.2 Å². The Hall–Kier alpha value is -1.76. The van der Waals surface area contributed by atoms with E-state index >= 15 is 0 Å². The summed E-state index contributed by atoms with van der Waals surface area (Å²) in [6, 6.07) is 1.86. The Morgan fingerprint density at radius 3 is 2.79 bits per heavy atom. The van der Waals surface area contributed by atoms with E-state index in [2.05, 4.69) is 4.98 Å². The number of carbonyl (C=O) groups is 2. The number of carboxylic acid groups (broad SMARTS) is 1. The Morgan fingerprint density at radius 2 is 2.26 bits per heavy atom. The molecule has 7 heteroatoms. The largest absolute Gasteiger partial charge is 0.480 e. The van der Waals surface area contributed by atoms with Crippen LogP contribution in [0.1, 0.15) is 23.7 Å². The number of amides is 1. The number of hydrogen-bond donors (Lipinski definition) is 2. The number of aliphatic carboxylic acids is 1. The predicted molar refractivity (Wildman–Crippen MR) is 71.2 cm³/mol. The highest BCUT2D eigenvalue weighted by Gasteiger charge is 2.41. The summed E-state index contributed by atoms with van der Waals surface area (Å²) < 4.78 is 0. The third-order valence-electron chi connectivity index (χ3n) is 2.99. The average Bonchev–Trinajstić information content (AvgIpc) is 2.82. The molecular weight excluding hydrogens is 268 g/mol. The summed E-state index contributed by atoms with van der Waals surface area (Å²) in [5, 5.41) is 9.03. The van der Waals surface area contributed by atoms with Gasteiger partial charge in [0.1, 0.15) is 6.04 Å². The minimum absolute atomic E-state index is 0.138. The van der Waals surface area contributed by atoms with E-state index < -0.39 is 12.0 Å². The Bertz CT molecular complexity index is 536. The molecule has 0 aliphatic carbocycles. The molecule has 0 aromatic carbocycles. The van der Waals surface area contributed by atoms with E-state index in [0.29, 0.717) is 17.7 Å². The standard InChI is InChI=1S/C12H14N2O4S/c1-2-10-14(8(6-19-10)12(17)18)11(16)7-3-4-9(15)13-5-7/h3-5,8,10H,2,6H2,1H3,(H,13,15)(H,17,18). The molecule has 2 N–H and O–H groups in total. The molecule has 1 aliphatic rings. The SMILES string of the molecule is CCC1SCC(C(=O)O)N1C(=O)c1ccc(=O)[nH]c1. The third-order valence-corrected chi connectivity index (χ3v) is 4.45. The van der Waals surface area contributed by atoms with Gasteiger partial charge < -0.3 is 15.0 Å². The van der Waals surface area contributed by atoms with Gasteiger partial charge in [0, 0.05) is 18.0 Å². The average molecular weight is 282 g/mol. The quantitative estimate of drug-likeness (QED) is 0.854. The van der Waals surface area contributed by atoms with Gasteiger partial charge in [0.2, 0.25) is 5.56 Å². The number of rotatable bonds is 3. The monoisotopic (exact) mass is 282 g/mol. The molecule has 102 valence electrons. The van der Waals surface area contributed by atoms with Crippen molar-refractivity contribution in [1.82, 2.24) is 9.88 Å². The van der Waals surface area contributed by atoms with Crippen molar-refractivity contribution in [2.75, 3.05) is 5.75 Å². The van der Waals surface area contributed by atoms with Crippen molar-refractivity contribution in [2.24, 2.45) is 0 Å². The first-order valence-electron chi connectivity index (χ1n) is 5.90. The predicted octanol–water partition coefficient (Wildman–Crippen LogP) is 0.753. The van der Waals surface area contributed by atoms with Crippen LogP contribution in [0.5, 0.6) is 0 Å². The molecule has 1 aromatic heterocycles. The molecule has 1 aliphatic heterocycles. The van der Waals surface area contributed by atoms with Gasteiger partial charge in [-0.15, -0.1) is 11.8 Å². The number of pyridine rings is 1. The van der Waals surface area contributed by atoms with Crippen LogP contribution >= 0.6 is 11.8 Å². The van der Waals surface area contributed by atoms with Gasteiger partial charge in [-0.2, -0.15) is 0 Å². The molecule has 1 aromatic rings. The number of carboxylic acids is 1. The number of aromatic nitrogens is 1. The zero-order valence-electron chi connectivity index (χ0n) is 10.3. The molecular formula is C12H14N2O4S. The summed E-state index contributed by atoms with van der Waals surface area (Å²) in [5.41, 5.74) is 0.000901. The Balaban J connectivity index is 2.30. The van der Waals surface area contributed by atoms with E-state index in [1.54, 1.807) is 0 Å². The lowest BCUT2D eigenvalue weighted by Crippen LogP contribution is -2.45. The molecule has 1 amide bonds. The van der Waals surface area contributed by atoms with Crippen molar-refractivity contribution < 1.29 is 14.7 Å². The summed E-state index contributed by atoms with van der Waals surface area (Å²) >= 11 is 1.47. The molecule has 19 heavy (non-hydrogen) atoms. The summed E-state index contributed by atoms with van der Waals surface area (Å²) in [6.07, 6.45) is 2.00. The van der Waals surface area contributed by atoms with Crippen molar-refractivity contribution in [1.29, 1.82) is 0 Å². The number of H-pyrrole nitrogens is 1. The van der Waals surface area contributed by atoms with Gasteiger partial charge in [-0.3, -0.25) is 9.59 Å². The fraction of sp³-hybridized carbons (Fsp3) is 0.417. The van der Waals surface area contributed by atoms with Crippen LogP contribution in [-0.2, 0) is 4.79 Å². The number of nitrogens with one attached hydrogen (secondary N) is 1. The molecule has 2 atom stereocenters. The van der Waals surface area contributed by atoms with Crippen molar-refractivity contribution in [2.45, 2.75) is 24.8 Å². The number of thioether (sulfide) groups is 1. The highest BCUT2D eigenvalue weighted by Crippen LogP contribution is 2.32. The van der Waals surface area contributed by atoms with Gasteiger partial charge >= 0.3 is 5.97 Å². The highest BCUT2D eigenvalue weighted by molar-refractivity contribution is 8.00. The molecule has 6 nitrogen and oxygen atoms in total. The minimum Gasteiger partial charge on any atom is -0.480 e. The molecule has 1 saturated heterocycles. The normalized spacial score (nSPS) is 22.5. The van der Waals surface area contributed by atoms with E-state index in [-0.39, 0.29) is 16.8 Å². The fourth-order valence-electron chi connectivity index (χ4n) is 2.03. The number of aromatic amines is 1. The third kappa shape index (κ3) is 2.65. The first-order valence-corrected chi connectivity index (χ1v) is 6.95. The number of carbonyl (C=O) groups excluding carboxylic acids is 1. The number of hydrogen-bond acceptors (Lipinski definition) is 4. The van der Waals surface area contributed by atoms with Crippen LogP contribution < -0.4 is 5.56 Å². The second-order valence-corrected chi connectivity index (χ2v) is 5.42. The van der Waals surface area contributed by atoms with E-state index in [9.17, 15) is 19.5 Å². The van der Waals surface area contributed by atoms with Crippen LogP contribution in [0.3, 0.4) is 0 Å². The van der Waals surface area contributed by atoms with Crippen LogP contribution in [0.25, 0.3) is 0 Å². The first-order chi connectivity index (χ1) is 9.04. The molecule has 1 fully saturated rings. The van der Waals surface area contributed by atoms with Crippen molar-refractivity contribution in [3.63, 3.8) is 0 Å². The molecule has 2 unspecified atom stereocenters. The zero-order chi connectivity index (χ0) is 14.0.